The van der Waals surface area contributed by atoms with Gasteiger partial charge in [0.05, 0.1) is 5.92 Å². The van der Waals surface area contributed by atoms with Gasteiger partial charge in [0.2, 0.25) is 16.9 Å². The van der Waals surface area contributed by atoms with Crippen molar-refractivity contribution in [3.8, 4) is 0 Å². The van der Waals surface area contributed by atoms with Gasteiger partial charge in [0, 0.05) is 24.4 Å². The van der Waals surface area contributed by atoms with Crippen molar-refractivity contribution in [1.82, 2.24) is 10.2 Å². The molecule has 0 aliphatic carbocycles. The molecule has 1 fully saturated rings. The molecule has 2 heterocycles. The van der Waals surface area contributed by atoms with Crippen molar-refractivity contribution in [3.05, 3.63) is 65.7 Å². The smallest absolute Gasteiger partial charge is 0.231 e. The standard InChI is InChI=1S/C23H24N4O2S2/c1-16-9-11-19(12-10-16)27-15-18(14-20(27)28)21(29)24-22-25-26-23(31-22)30-13-5-8-17-6-3-2-4-7-17/h2-4,6-7,9-12,18H,5,8,13-15H2,1H3,(H,24,25,29). The minimum Gasteiger partial charge on any atom is -0.312 e. The number of thioether (sulfide) groups is 1. The van der Waals surface area contributed by atoms with Crippen LogP contribution in [0.15, 0.2) is 58.9 Å². The second-order valence-corrected chi connectivity index (χ2v) is 9.86. The molecule has 31 heavy (non-hydrogen) atoms. The molecule has 2 aromatic carbocycles. The SMILES string of the molecule is Cc1ccc(N2CC(C(=O)Nc3nnc(SCCCc4ccccc4)s3)CC2=O)cc1. The van der Waals surface area contributed by atoms with E-state index in [1.54, 1.807) is 16.7 Å². The van der Waals surface area contributed by atoms with E-state index in [0.717, 1.165) is 34.2 Å². The highest BCUT2D eigenvalue weighted by Gasteiger charge is 2.35. The van der Waals surface area contributed by atoms with Crippen LogP contribution >= 0.6 is 23.1 Å². The van der Waals surface area contributed by atoms with Gasteiger partial charge in [0.25, 0.3) is 0 Å². The van der Waals surface area contributed by atoms with Gasteiger partial charge in [-0.15, -0.1) is 10.2 Å². The van der Waals surface area contributed by atoms with E-state index in [9.17, 15) is 9.59 Å². The Morgan fingerprint density at radius 1 is 1.16 bits per heavy atom. The number of nitrogens with one attached hydrogen (secondary N) is 1. The summed E-state index contributed by atoms with van der Waals surface area (Å²) in [5.41, 5.74) is 3.30. The molecule has 0 radical (unpaired) electrons. The molecule has 1 saturated heterocycles. The average Bonchev–Trinajstić information content (AvgIpc) is 3.39. The maximum absolute atomic E-state index is 12.7. The van der Waals surface area contributed by atoms with E-state index < -0.39 is 0 Å². The van der Waals surface area contributed by atoms with Crippen LogP contribution in [0.25, 0.3) is 0 Å². The summed E-state index contributed by atoms with van der Waals surface area (Å²) in [5.74, 6) is 0.343. The fourth-order valence-electron chi connectivity index (χ4n) is 3.46. The van der Waals surface area contributed by atoms with Gasteiger partial charge in [0.1, 0.15) is 0 Å². The van der Waals surface area contributed by atoms with Crippen LogP contribution < -0.4 is 10.2 Å². The second-order valence-electron chi connectivity index (χ2n) is 7.54. The lowest BCUT2D eigenvalue weighted by Crippen LogP contribution is -2.28. The zero-order chi connectivity index (χ0) is 21.6. The van der Waals surface area contributed by atoms with Gasteiger partial charge in [-0.2, -0.15) is 0 Å². The maximum Gasteiger partial charge on any atom is 0.231 e. The van der Waals surface area contributed by atoms with E-state index in [1.165, 1.54) is 16.9 Å². The number of nitrogens with zero attached hydrogens (tertiary/aromatic N) is 3. The lowest BCUT2D eigenvalue weighted by atomic mass is 10.1. The molecule has 1 aromatic heterocycles. The summed E-state index contributed by atoms with van der Waals surface area (Å²) in [5, 5.41) is 11.6. The van der Waals surface area contributed by atoms with Crippen molar-refractivity contribution in [2.45, 2.75) is 30.5 Å². The van der Waals surface area contributed by atoms with Crippen LogP contribution in [0.1, 0.15) is 24.0 Å². The van der Waals surface area contributed by atoms with Crippen molar-refractivity contribution in [2.75, 3.05) is 22.5 Å². The Balaban J connectivity index is 1.25. The summed E-state index contributed by atoms with van der Waals surface area (Å²) in [6.45, 7) is 2.39. The predicted octanol–water partition coefficient (Wildman–Crippen LogP) is 4.56. The number of hydrogen-bond acceptors (Lipinski definition) is 6. The highest BCUT2D eigenvalue weighted by molar-refractivity contribution is 8.01. The first-order chi connectivity index (χ1) is 15.1. The molecule has 6 nitrogen and oxygen atoms in total. The summed E-state index contributed by atoms with van der Waals surface area (Å²) in [6, 6.07) is 18.2. The van der Waals surface area contributed by atoms with Crippen molar-refractivity contribution in [3.63, 3.8) is 0 Å². The van der Waals surface area contributed by atoms with Gasteiger partial charge < -0.3 is 10.2 Å². The lowest BCUT2D eigenvalue weighted by Gasteiger charge is -2.16. The highest BCUT2D eigenvalue weighted by Crippen LogP contribution is 2.29. The van der Waals surface area contributed by atoms with Crippen molar-refractivity contribution in [2.24, 2.45) is 5.92 Å². The molecule has 0 saturated carbocycles. The number of carbonyl (C=O) groups is 2. The first-order valence-corrected chi connectivity index (χ1v) is 12.1. The van der Waals surface area contributed by atoms with Crippen LogP contribution in [-0.4, -0.2) is 34.3 Å². The van der Waals surface area contributed by atoms with Crippen LogP contribution in [0, 0.1) is 12.8 Å². The average molecular weight is 453 g/mol. The Labute approximate surface area is 190 Å². The number of aromatic nitrogens is 2. The molecule has 8 heteroatoms. The van der Waals surface area contributed by atoms with Gasteiger partial charge in [-0.3, -0.25) is 9.59 Å². The number of benzene rings is 2. The van der Waals surface area contributed by atoms with Crippen LogP contribution in [0.4, 0.5) is 10.8 Å². The molecule has 0 bridgehead atoms. The van der Waals surface area contributed by atoms with Gasteiger partial charge in [-0.1, -0.05) is 71.1 Å². The quantitative estimate of drug-likeness (QED) is 0.308. The molecule has 1 N–H and O–H groups in total. The fraction of sp³-hybridized carbons (Fsp3) is 0.304. The number of hydrogen-bond donors (Lipinski definition) is 1. The van der Waals surface area contributed by atoms with E-state index in [4.69, 9.17) is 0 Å². The Morgan fingerprint density at radius 2 is 1.94 bits per heavy atom. The molecule has 0 spiro atoms. The molecule has 1 atom stereocenters. The lowest BCUT2D eigenvalue weighted by molar-refractivity contribution is -0.122. The summed E-state index contributed by atoms with van der Waals surface area (Å²) in [4.78, 5) is 26.7. The predicted molar refractivity (Wildman–Crippen MR) is 126 cm³/mol. The van der Waals surface area contributed by atoms with Crippen LogP contribution in [0.5, 0.6) is 0 Å². The number of anilines is 2. The van der Waals surface area contributed by atoms with Gasteiger partial charge in [0.15, 0.2) is 4.34 Å². The summed E-state index contributed by atoms with van der Waals surface area (Å²) < 4.78 is 0.840. The minimum atomic E-state index is -0.389. The third-order valence-corrected chi connectivity index (χ3v) is 7.21. The molecule has 2 amide bonds. The van der Waals surface area contributed by atoms with E-state index in [-0.39, 0.29) is 24.2 Å². The Kier molecular flexibility index (Phi) is 6.99. The van der Waals surface area contributed by atoms with Gasteiger partial charge in [-0.05, 0) is 37.5 Å². The highest BCUT2D eigenvalue weighted by atomic mass is 32.2. The van der Waals surface area contributed by atoms with E-state index in [2.05, 4.69) is 39.8 Å². The van der Waals surface area contributed by atoms with Gasteiger partial charge in [-0.25, -0.2) is 0 Å². The van der Waals surface area contributed by atoms with Crippen molar-refractivity contribution < 1.29 is 9.59 Å². The normalized spacial score (nSPS) is 16.0. The molecule has 3 aromatic rings. The van der Waals surface area contributed by atoms with E-state index >= 15 is 0 Å². The topological polar surface area (TPSA) is 75.2 Å². The Morgan fingerprint density at radius 3 is 2.71 bits per heavy atom. The third kappa shape index (κ3) is 5.71. The van der Waals surface area contributed by atoms with Crippen LogP contribution in [0.3, 0.4) is 0 Å². The Hall–Kier alpha value is -2.71. The number of rotatable bonds is 8. The number of carbonyl (C=O) groups excluding carboxylic acids is 2. The molecular weight excluding hydrogens is 428 g/mol. The molecule has 1 aliphatic heterocycles. The molecular formula is C23H24N4O2S2. The summed E-state index contributed by atoms with van der Waals surface area (Å²) >= 11 is 3.03. The van der Waals surface area contributed by atoms with Crippen LogP contribution in [0.2, 0.25) is 0 Å². The fourth-order valence-corrected chi connectivity index (χ4v) is 5.23. The minimum absolute atomic E-state index is 0.0315. The zero-order valence-electron chi connectivity index (χ0n) is 17.3. The summed E-state index contributed by atoms with van der Waals surface area (Å²) in [6.07, 6.45) is 2.29. The van der Waals surface area contributed by atoms with Gasteiger partial charge >= 0.3 is 0 Å². The summed E-state index contributed by atoms with van der Waals surface area (Å²) in [7, 11) is 0. The zero-order valence-corrected chi connectivity index (χ0v) is 18.9. The molecule has 1 aliphatic rings. The Bertz CT molecular complexity index is 1040. The first kappa shape index (κ1) is 21.5. The van der Waals surface area contributed by atoms with Crippen LogP contribution in [-0.2, 0) is 16.0 Å². The van der Waals surface area contributed by atoms with E-state index in [1.807, 2.05) is 37.3 Å². The monoisotopic (exact) mass is 452 g/mol. The van der Waals surface area contributed by atoms with E-state index in [0.29, 0.717) is 11.7 Å². The largest absolute Gasteiger partial charge is 0.312 e. The number of amides is 2. The second kappa shape index (κ2) is 10.1. The number of aryl methyl sites for hydroxylation is 2. The maximum atomic E-state index is 12.7. The first-order valence-electron chi connectivity index (χ1n) is 10.3. The third-order valence-electron chi connectivity index (χ3n) is 5.16. The van der Waals surface area contributed by atoms with Crippen molar-refractivity contribution >= 4 is 45.7 Å². The van der Waals surface area contributed by atoms with Crippen molar-refractivity contribution in [1.29, 1.82) is 0 Å². The molecule has 1 unspecified atom stereocenters. The molecule has 4 rings (SSSR count). The molecule has 160 valence electrons.